The number of amidine groups is 1. The molecule has 25 heavy (non-hydrogen) atoms. The highest BCUT2D eigenvalue weighted by molar-refractivity contribution is 6.13. The molecule has 3 rings (SSSR count). The first-order chi connectivity index (χ1) is 12.1. The SMILES string of the molecule is CCC(OC)C1(N)N=C(Nc2ccccc2)NC(c2ccccc2)=N1. The molecule has 0 aromatic heterocycles. The van der Waals surface area contributed by atoms with Crippen molar-refractivity contribution in [2.45, 2.75) is 25.2 Å². The van der Waals surface area contributed by atoms with Gasteiger partial charge in [0, 0.05) is 18.4 Å². The summed E-state index contributed by atoms with van der Waals surface area (Å²) in [6, 6.07) is 19.6. The first kappa shape index (κ1) is 17.1. The van der Waals surface area contributed by atoms with Crippen LogP contribution in [0.25, 0.3) is 0 Å². The zero-order valence-corrected chi connectivity index (χ0v) is 14.4. The van der Waals surface area contributed by atoms with Gasteiger partial charge in [0.2, 0.25) is 11.7 Å². The molecule has 0 aliphatic carbocycles. The van der Waals surface area contributed by atoms with Crippen LogP contribution in [0.1, 0.15) is 18.9 Å². The molecule has 6 heteroatoms. The van der Waals surface area contributed by atoms with Crippen LogP contribution >= 0.6 is 0 Å². The van der Waals surface area contributed by atoms with Crippen molar-refractivity contribution in [1.82, 2.24) is 5.32 Å². The van der Waals surface area contributed by atoms with Crippen molar-refractivity contribution in [3.63, 3.8) is 0 Å². The maximum Gasteiger partial charge on any atom is 0.234 e. The number of hydrogen-bond donors (Lipinski definition) is 3. The van der Waals surface area contributed by atoms with Crippen LogP contribution < -0.4 is 16.4 Å². The third-order valence-electron chi connectivity index (χ3n) is 4.03. The van der Waals surface area contributed by atoms with Crippen molar-refractivity contribution in [1.29, 1.82) is 0 Å². The van der Waals surface area contributed by atoms with Crippen LogP contribution in [0.3, 0.4) is 0 Å². The summed E-state index contributed by atoms with van der Waals surface area (Å²) in [4.78, 5) is 9.24. The Hall–Kier alpha value is -2.70. The van der Waals surface area contributed by atoms with Gasteiger partial charge in [0.15, 0.2) is 0 Å². The molecule has 2 unspecified atom stereocenters. The summed E-state index contributed by atoms with van der Waals surface area (Å²) in [6.07, 6.45) is 0.363. The molecule has 2 atom stereocenters. The molecule has 2 aromatic carbocycles. The second-order valence-electron chi connectivity index (χ2n) is 5.82. The highest BCUT2D eigenvalue weighted by Gasteiger charge is 2.37. The lowest BCUT2D eigenvalue weighted by Gasteiger charge is -2.33. The van der Waals surface area contributed by atoms with Crippen molar-refractivity contribution in [2.24, 2.45) is 15.7 Å². The predicted octanol–water partition coefficient (Wildman–Crippen LogP) is 2.54. The smallest absolute Gasteiger partial charge is 0.234 e. The van der Waals surface area contributed by atoms with Gasteiger partial charge in [-0.3, -0.25) is 5.73 Å². The van der Waals surface area contributed by atoms with Gasteiger partial charge in [0.05, 0.1) is 0 Å². The Morgan fingerprint density at radius 1 is 1.08 bits per heavy atom. The monoisotopic (exact) mass is 337 g/mol. The number of para-hydroxylation sites is 1. The molecule has 0 fully saturated rings. The number of nitrogens with zero attached hydrogens (tertiary/aromatic N) is 2. The number of benzene rings is 2. The number of methoxy groups -OCH3 is 1. The van der Waals surface area contributed by atoms with Crippen molar-refractivity contribution >= 4 is 17.5 Å². The Balaban J connectivity index is 1.97. The van der Waals surface area contributed by atoms with E-state index in [0.717, 1.165) is 11.3 Å². The van der Waals surface area contributed by atoms with Crippen LogP contribution in [-0.4, -0.2) is 30.8 Å². The lowest BCUT2D eigenvalue weighted by molar-refractivity contribution is 0.0381. The Morgan fingerprint density at radius 2 is 1.72 bits per heavy atom. The summed E-state index contributed by atoms with van der Waals surface area (Å²) in [5.74, 6) is 0.00177. The fraction of sp³-hybridized carbons (Fsp3) is 0.263. The van der Waals surface area contributed by atoms with Crippen molar-refractivity contribution < 1.29 is 4.74 Å². The van der Waals surface area contributed by atoms with Gasteiger partial charge < -0.3 is 15.4 Å². The van der Waals surface area contributed by atoms with E-state index in [-0.39, 0.29) is 6.10 Å². The van der Waals surface area contributed by atoms with E-state index in [1.54, 1.807) is 7.11 Å². The summed E-state index contributed by atoms with van der Waals surface area (Å²) in [5.41, 5.74) is 8.36. The molecule has 0 saturated heterocycles. The molecule has 4 N–H and O–H groups in total. The Morgan fingerprint density at radius 3 is 2.32 bits per heavy atom. The van der Waals surface area contributed by atoms with E-state index in [4.69, 9.17) is 10.5 Å². The van der Waals surface area contributed by atoms with E-state index in [9.17, 15) is 0 Å². The molecule has 0 bridgehead atoms. The standard InChI is InChI=1S/C19H23N5O/c1-3-16(25-2)19(20)23-17(14-10-6-4-7-11-14)22-18(24-19)21-15-12-8-5-9-13-15/h4-13,16H,3,20H2,1-2H3,(H2,21,22,23,24). The Bertz CT molecular complexity index is 756. The van der Waals surface area contributed by atoms with Crippen LogP contribution in [0.2, 0.25) is 0 Å². The van der Waals surface area contributed by atoms with Crippen LogP contribution in [0.5, 0.6) is 0 Å². The van der Waals surface area contributed by atoms with Crippen LogP contribution in [0, 0.1) is 0 Å². The molecule has 0 amide bonds. The highest BCUT2D eigenvalue weighted by Crippen LogP contribution is 2.22. The van der Waals surface area contributed by atoms with Gasteiger partial charge in [-0.15, -0.1) is 0 Å². The second-order valence-corrected chi connectivity index (χ2v) is 5.82. The fourth-order valence-electron chi connectivity index (χ4n) is 2.79. The zero-order valence-electron chi connectivity index (χ0n) is 14.4. The van der Waals surface area contributed by atoms with Crippen LogP contribution in [0.4, 0.5) is 5.69 Å². The minimum absolute atomic E-state index is 0.333. The molecule has 0 saturated carbocycles. The normalized spacial score (nSPS) is 20.9. The molecule has 2 aromatic rings. The van der Waals surface area contributed by atoms with E-state index in [2.05, 4.69) is 20.6 Å². The summed E-state index contributed by atoms with van der Waals surface area (Å²) < 4.78 is 5.53. The maximum absolute atomic E-state index is 6.52. The maximum atomic E-state index is 6.52. The molecule has 1 aliphatic heterocycles. The van der Waals surface area contributed by atoms with E-state index < -0.39 is 5.79 Å². The number of anilines is 1. The topological polar surface area (TPSA) is 84.0 Å². The zero-order chi connectivity index (χ0) is 17.7. The number of ether oxygens (including phenoxy) is 1. The minimum Gasteiger partial charge on any atom is -0.375 e. The van der Waals surface area contributed by atoms with Crippen LogP contribution in [0.15, 0.2) is 70.6 Å². The van der Waals surface area contributed by atoms with Crippen LogP contribution in [-0.2, 0) is 4.74 Å². The van der Waals surface area contributed by atoms with Gasteiger partial charge in [0.25, 0.3) is 0 Å². The fourth-order valence-corrected chi connectivity index (χ4v) is 2.79. The Labute approximate surface area is 147 Å². The van der Waals surface area contributed by atoms with Gasteiger partial charge >= 0.3 is 0 Å². The van der Waals surface area contributed by atoms with Gasteiger partial charge in [-0.1, -0.05) is 55.5 Å². The van der Waals surface area contributed by atoms with Gasteiger partial charge in [-0.05, 0) is 18.6 Å². The summed E-state index contributed by atoms with van der Waals surface area (Å²) in [7, 11) is 1.63. The third-order valence-corrected chi connectivity index (χ3v) is 4.03. The molecule has 0 radical (unpaired) electrons. The van der Waals surface area contributed by atoms with E-state index in [1.807, 2.05) is 67.6 Å². The van der Waals surface area contributed by atoms with E-state index >= 15 is 0 Å². The molecular weight excluding hydrogens is 314 g/mol. The van der Waals surface area contributed by atoms with Crippen molar-refractivity contribution in [2.75, 3.05) is 12.4 Å². The Kier molecular flexibility index (Phi) is 5.11. The van der Waals surface area contributed by atoms with Gasteiger partial charge in [-0.25, -0.2) is 9.98 Å². The lowest BCUT2D eigenvalue weighted by atomic mass is 10.1. The number of nitrogens with two attached hydrogens (primary N) is 1. The number of aliphatic imine (C=N–C) groups is 2. The average Bonchev–Trinajstić information content (AvgIpc) is 2.63. The molecule has 0 spiro atoms. The first-order valence-corrected chi connectivity index (χ1v) is 8.30. The van der Waals surface area contributed by atoms with Crippen molar-refractivity contribution in [3.05, 3.63) is 66.2 Å². The lowest BCUT2D eigenvalue weighted by Crippen LogP contribution is -2.56. The van der Waals surface area contributed by atoms with E-state index in [1.165, 1.54) is 0 Å². The average molecular weight is 337 g/mol. The largest absolute Gasteiger partial charge is 0.375 e. The van der Waals surface area contributed by atoms with E-state index in [0.29, 0.717) is 18.2 Å². The molecular formula is C19H23N5O. The summed E-state index contributed by atoms with van der Waals surface area (Å²) >= 11 is 0. The van der Waals surface area contributed by atoms with Crippen molar-refractivity contribution in [3.8, 4) is 0 Å². The second kappa shape index (κ2) is 7.46. The summed E-state index contributed by atoms with van der Waals surface area (Å²) in [6.45, 7) is 2.00. The summed E-state index contributed by atoms with van der Waals surface area (Å²) in [5, 5.41) is 6.49. The first-order valence-electron chi connectivity index (χ1n) is 8.30. The molecule has 1 aliphatic rings. The number of hydrogen-bond acceptors (Lipinski definition) is 6. The number of rotatable bonds is 5. The number of guanidine groups is 1. The van der Waals surface area contributed by atoms with Gasteiger partial charge in [0.1, 0.15) is 11.9 Å². The predicted molar refractivity (Wildman–Crippen MR) is 102 cm³/mol. The molecule has 130 valence electrons. The van der Waals surface area contributed by atoms with Gasteiger partial charge in [-0.2, -0.15) is 0 Å². The third kappa shape index (κ3) is 3.87. The minimum atomic E-state index is -1.20. The quantitative estimate of drug-likeness (QED) is 0.783. The number of nitrogens with one attached hydrogen (secondary N) is 2. The molecule has 1 heterocycles. The highest BCUT2D eigenvalue weighted by atomic mass is 16.5. The molecule has 6 nitrogen and oxygen atoms in total.